The lowest BCUT2D eigenvalue weighted by Crippen LogP contribution is -2.42. The zero-order valence-electron chi connectivity index (χ0n) is 9.48. The van der Waals surface area contributed by atoms with Crippen molar-refractivity contribution in [2.45, 2.75) is 13.5 Å². The van der Waals surface area contributed by atoms with E-state index >= 15 is 0 Å². The number of hydrogen-bond acceptors (Lipinski definition) is 3. The summed E-state index contributed by atoms with van der Waals surface area (Å²) in [4.78, 5) is 4.18. The van der Waals surface area contributed by atoms with E-state index in [1.54, 1.807) is 12.1 Å². The van der Waals surface area contributed by atoms with Crippen LogP contribution in [0.15, 0.2) is 18.3 Å². The van der Waals surface area contributed by atoms with Crippen LogP contribution in [-0.4, -0.2) is 27.9 Å². The molecule has 0 saturated carbocycles. The van der Waals surface area contributed by atoms with E-state index in [1.807, 2.05) is 10.8 Å². The zero-order chi connectivity index (χ0) is 12.0. The number of halogens is 1. The molecular weight excluding hydrogens is 240 g/mol. The van der Waals surface area contributed by atoms with E-state index in [4.69, 9.17) is 16.3 Å². The van der Waals surface area contributed by atoms with Crippen LogP contribution < -0.4 is 0 Å². The third-order valence-corrected chi connectivity index (χ3v) is 3.35. The van der Waals surface area contributed by atoms with Gasteiger partial charge in [0, 0.05) is 18.2 Å². The van der Waals surface area contributed by atoms with Crippen molar-refractivity contribution >= 4 is 22.5 Å². The maximum atomic E-state index is 10.1. The molecule has 0 aromatic carbocycles. The number of fused-ring (bicyclic) bond motifs is 1. The van der Waals surface area contributed by atoms with E-state index in [0.29, 0.717) is 5.15 Å². The fraction of sp³-hybridized carbons (Fsp3) is 0.417. The van der Waals surface area contributed by atoms with Crippen molar-refractivity contribution in [2.75, 3.05) is 13.2 Å². The molecule has 0 unspecified atom stereocenters. The largest absolute Gasteiger partial charge is 0.494 e. The number of aromatic nitrogens is 2. The molecule has 1 aliphatic rings. The van der Waals surface area contributed by atoms with Gasteiger partial charge in [-0.1, -0.05) is 18.5 Å². The summed E-state index contributed by atoms with van der Waals surface area (Å²) in [5.41, 5.74) is 0.829. The highest BCUT2D eigenvalue weighted by atomic mass is 35.5. The van der Waals surface area contributed by atoms with Crippen LogP contribution in [0.2, 0.25) is 5.15 Å². The maximum Gasteiger partial charge on any atom is 0.200 e. The second kappa shape index (κ2) is 3.62. The molecular formula is C12H13ClN2O2. The van der Waals surface area contributed by atoms with E-state index in [9.17, 15) is 5.11 Å². The lowest BCUT2D eigenvalue weighted by Gasteiger charge is -2.38. The van der Waals surface area contributed by atoms with Gasteiger partial charge in [-0.05, 0) is 12.1 Å². The number of aromatic hydroxyl groups is 1. The van der Waals surface area contributed by atoms with Gasteiger partial charge in [0.2, 0.25) is 5.88 Å². The lowest BCUT2D eigenvalue weighted by molar-refractivity contribution is -0.110. The first-order chi connectivity index (χ1) is 8.07. The smallest absolute Gasteiger partial charge is 0.200 e. The molecule has 3 rings (SSSR count). The highest BCUT2D eigenvalue weighted by molar-refractivity contribution is 6.29. The Kier molecular flexibility index (Phi) is 2.31. The van der Waals surface area contributed by atoms with Gasteiger partial charge in [0.15, 0.2) is 0 Å². The standard InChI is InChI=1S/C12H13ClN2O2/c1-12(6-17-7-12)5-15-4-9-8(11(15)16)2-3-10(13)14-9/h2-4,16H,5-7H2,1H3. The molecule has 3 heterocycles. The second-order valence-electron chi connectivity index (χ2n) is 4.95. The average molecular weight is 253 g/mol. The number of hydrogen-bond donors (Lipinski definition) is 1. The molecule has 2 aromatic heterocycles. The van der Waals surface area contributed by atoms with E-state index in [2.05, 4.69) is 11.9 Å². The third kappa shape index (κ3) is 1.77. The van der Waals surface area contributed by atoms with Gasteiger partial charge in [-0.25, -0.2) is 4.98 Å². The van der Waals surface area contributed by atoms with Crippen molar-refractivity contribution in [3.8, 4) is 5.88 Å². The van der Waals surface area contributed by atoms with Crippen LogP contribution in [-0.2, 0) is 11.3 Å². The van der Waals surface area contributed by atoms with Gasteiger partial charge in [-0.15, -0.1) is 0 Å². The highest BCUT2D eigenvalue weighted by Gasteiger charge is 2.34. The van der Waals surface area contributed by atoms with Gasteiger partial charge in [0.1, 0.15) is 5.15 Å². The van der Waals surface area contributed by atoms with Gasteiger partial charge in [0.25, 0.3) is 0 Å². The predicted molar refractivity (Wildman–Crippen MR) is 65.3 cm³/mol. The topological polar surface area (TPSA) is 47.3 Å². The summed E-state index contributed by atoms with van der Waals surface area (Å²) in [6.45, 7) is 4.33. The lowest BCUT2D eigenvalue weighted by atomic mass is 9.89. The summed E-state index contributed by atoms with van der Waals surface area (Å²) >= 11 is 5.83. The number of nitrogens with zero attached hydrogens (tertiary/aromatic N) is 2. The minimum absolute atomic E-state index is 0.107. The first kappa shape index (κ1) is 10.9. The monoisotopic (exact) mass is 252 g/mol. The molecule has 0 bridgehead atoms. The Bertz CT molecular complexity index is 575. The Hall–Kier alpha value is -1.26. The average Bonchev–Trinajstić information content (AvgIpc) is 2.53. The molecule has 1 aliphatic heterocycles. The van der Waals surface area contributed by atoms with Crippen molar-refractivity contribution in [1.29, 1.82) is 0 Å². The Morgan fingerprint density at radius 2 is 2.29 bits per heavy atom. The summed E-state index contributed by atoms with van der Waals surface area (Å²) in [7, 11) is 0. The molecule has 0 atom stereocenters. The van der Waals surface area contributed by atoms with Crippen LogP contribution in [0.25, 0.3) is 10.9 Å². The Labute approximate surface area is 104 Å². The fourth-order valence-electron chi connectivity index (χ4n) is 2.17. The van der Waals surface area contributed by atoms with Crippen molar-refractivity contribution in [3.63, 3.8) is 0 Å². The zero-order valence-corrected chi connectivity index (χ0v) is 10.2. The molecule has 0 spiro atoms. The van der Waals surface area contributed by atoms with Crippen molar-refractivity contribution in [1.82, 2.24) is 9.55 Å². The van der Waals surface area contributed by atoms with Crippen molar-refractivity contribution in [2.24, 2.45) is 5.41 Å². The minimum atomic E-state index is 0.107. The van der Waals surface area contributed by atoms with Gasteiger partial charge in [0.05, 0.1) is 24.1 Å². The first-order valence-electron chi connectivity index (χ1n) is 5.50. The summed E-state index contributed by atoms with van der Waals surface area (Å²) in [6, 6.07) is 3.47. The van der Waals surface area contributed by atoms with Crippen LogP contribution in [0.5, 0.6) is 5.88 Å². The Balaban J connectivity index is 2.02. The fourth-order valence-corrected chi connectivity index (χ4v) is 2.33. The second-order valence-corrected chi connectivity index (χ2v) is 5.34. The molecule has 0 radical (unpaired) electrons. The van der Waals surface area contributed by atoms with E-state index in [0.717, 1.165) is 30.7 Å². The Morgan fingerprint density at radius 1 is 1.53 bits per heavy atom. The normalized spacial score (nSPS) is 18.2. The minimum Gasteiger partial charge on any atom is -0.494 e. The van der Waals surface area contributed by atoms with Crippen LogP contribution in [0.1, 0.15) is 6.92 Å². The summed E-state index contributed by atoms with van der Waals surface area (Å²) < 4.78 is 7.03. The molecule has 4 nitrogen and oxygen atoms in total. The summed E-state index contributed by atoms with van der Waals surface area (Å²) in [5.74, 6) is 0.247. The quantitative estimate of drug-likeness (QED) is 0.835. The molecule has 17 heavy (non-hydrogen) atoms. The van der Waals surface area contributed by atoms with E-state index < -0.39 is 0 Å². The van der Waals surface area contributed by atoms with Crippen molar-refractivity contribution in [3.05, 3.63) is 23.5 Å². The predicted octanol–water partition coefficient (Wildman–Crippen LogP) is 2.43. The summed E-state index contributed by atoms with van der Waals surface area (Å²) in [6.07, 6.45) is 1.83. The molecule has 1 saturated heterocycles. The van der Waals surface area contributed by atoms with E-state index in [-0.39, 0.29) is 11.3 Å². The van der Waals surface area contributed by atoms with Crippen LogP contribution in [0, 0.1) is 5.41 Å². The molecule has 0 aliphatic carbocycles. The highest BCUT2D eigenvalue weighted by Crippen LogP contribution is 2.33. The van der Waals surface area contributed by atoms with Gasteiger partial charge < -0.3 is 14.4 Å². The van der Waals surface area contributed by atoms with Crippen LogP contribution in [0.4, 0.5) is 0 Å². The Morgan fingerprint density at radius 3 is 2.94 bits per heavy atom. The molecule has 0 amide bonds. The first-order valence-corrected chi connectivity index (χ1v) is 5.87. The van der Waals surface area contributed by atoms with Crippen LogP contribution in [0.3, 0.4) is 0 Å². The van der Waals surface area contributed by atoms with E-state index in [1.165, 1.54) is 0 Å². The van der Waals surface area contributed by atoms with Gasteiger partial charge >= 0.3 is 0 Å². The number of rotatable bonds is 2. The molecule has 1 N–H and O–H groups in total. The maximum absolute atomic E-state index is 10.1. The van der Waals surface area contributed by atoms with Gasteiger partial charge in [-0.2, -0.15) is 0 Å². The number of ether oxygens (including phenoxy) is 1. The number of pyridine rings is 1. The van der Waals surface area contributed by atoms with Crippen LogP contribution >= 0.6 is 11.6 Å². The molecule has 5 heteroatoms. The van der Waals surface area contributed by atoms with Crippen molar-refractivity contribution < 1.29 is 9.84 Å². The van der Waals surface area contributed by atoms with Gasteiger partial charge in [-0.3, -0.25) is 0 Å². The third-order valence-electron chi connectivity index (χ3n) is 3.13. The molecule has 90 valence electrons. The SMILES string of the molecule is CC1(Cn2cc3nc(Cl)ccc3c2O)COC1. The summed E-state index contributed by atoms with van der Waals surface area (Å²) in [5, 5.41) is 11.3. The molecule has 1 fully saturated rings. The molecule has 2 aromatic rings.